The Morgan fingerprint density at radius 2 is 2.07 bits per heavy atom. The topological polar surface area (TPSA) is 46.2 Å². The Kier molecular flexibility index (Phi) is 4.74. The van der Waals surface area contributed by atoms with Gasteiger partial charge in [0.25, 0.3) is 0 Å². The number of benzene rings is 1. The van der Waals surface area contributed by atoms with Gasteiger partial charge in [-0.3, -0.25) is 0 Å². The molecule has 15 heavy (non-hydrogen) atoms. The lowest BCUT2D eigenvalue weighted by Gasteiger charge is -2.20. The van der Waals surface area contributed by atoms with Crippen LogP contribution in [0.1, 0.15) is 6.92 Å². The van der Waals surface area contributed by atoms with E-state index in [-0.39, 0.29) is 6.61 Å². The zero-order chi connectivity index (χ0) is 11.5. The van der Waals surface area contributed by atoms with Crippen molar-refractivity contribution in [2.75, 3.05) is 12.4 Å². The van der Waals surface area contributed by atoms with E-state index in [4.69, 9.17) is 34.0 Å². The molecule has 0 bridgehead atoms. The monoisotopic (exact) mass is 265 g/mol. The van der Waals surface area contributed by atoms with Crippen molar-refractivity contribution in [3.8, 4) is 0 Å². The third-order valence-corrected chi connectivity index (χ3v) is 3.95. The molecule has 0 aliphatic heterocycles. The van der Waals surface area contributed by atoms with Crippen LogP contribution in [0, 0.1) is 0 Å². The van der Waals surface area contributed by atoms with E-state index in [2.05, 4.69) is 0 Å². The summed E-state index contributed by atoms with van der Waals surface area (Å²) in [6.07, 6.45) is 0. The van der Waals surface area contributed by atoms with Crippen molar-refractivity contribution in [2.45, 2.75) is 17.4 Å². The van der Waals surface area contributed by atoms with E-state index in [0.29, 0.717) is 15.8 Å². The second-order valence-corrected chi connectivity index (χ2v) is 5.54. The normalized spacial score (nSPS) is 15.0. The van der Waals surface area contributed by atoms with Gasteiger partial charge in [0.15, 0.2) is 0 Å². The SMILES string of the molecule is CC(N)(CO)CSc1ccc(Cl)c(Cl)c1. The van der Waals surface area contributed by atoms with E-state index in [1.54, 1.807) is 30.8 Å². The second-order valence-electron chi connectivity index (χ2n) is 3.68. The van der Waals surface area contributed by atoms with E-state index >= 15 is 0 Å². The molecule has 0 aromatic heterocycles. The Morgan fingerprint density at radius 1 is 1.40 bits per heavy atom. The largest absolute Gasteiger partial charge is 0.394 e. The highest BCUT2D eigenvalue weighted by Gasteiger charge is 2.17. The van der Waals surface area contributed by atoms with Gasteiger partial charge < -0.3 is 10.8 Å². The van der Waals surface area contributed by atoms with Gasteiger partial charge in [-0.05, 0) is 25.1 Å². The Labute approximate surface area is 104 Å². The maximum atomic E-state index is 8.99. The average molecular weight is 266 g/mol. The van der Waals surface area contributed by atoms with Gasteiger partial charge in [0.1, 0.15) is 0 Å². The predicted molar refractivity (Wildman–Crippen MR) is 66.9 cm³/mol. The fourth-order valence-corrected chi connectivity index (χ4v) is 2.18. The van der Waals surface area contributed by atoms with Crippen LogP contribution in [0.4, 0.5) is 0 Å². The van der Waals surface area contributed by atoms with Crippen LogP contribution in [0.5, 0.6) is 0 Å². The summed E-state index contributed by atoms with van der Waals surface area (Å²) in [6, 6.07) is 5.42. The molecule has 0 saturated heterocycles. The standard InChI is InChI=1S/C10H13Cl2NOS/c1-10(13,5-14)6-15-7-2-3-8(11)9(12)4-7/h2-4,14H,5-6,13H2,1H3. The first-order chi connectivity index (χ1) is 6.94. The summed E-state index contributed by atoms with van der Waals surface area (Å²) in [5, 5.41) is 10.1. The molecular formula is C10H13Cl2NOS. The first-order valence-electron chi connectivity index (χ1n) is 4.42. The van der Waals surface area contributed by atoms with Crippen molar-refractivity contribution < 1.29 is 5.11 Å². The van der Waals surface area contributed by atoms with Gasteiger partial charge in [0.2, 0.25) is 0 Å². The van der Waals surface area contributed by atoms with E-state index in [0.717, 1.165) is 4.90 Å². The number of aliphatic hydroxyl groups is 1. The minimum absolute atomic E-state index is 0.0404. The number of aliphatic hydroxyl groups excluding tert-OH is 1. The average Bonchev–Trinajstić information content (AvgIpc) is 2.20. The number of hydrogen-bond acceptors (Lipinski definition) is 3. The minimum Gasteiger partial charge on any atom is -0.394 e. The maximum Gasteiger partial charge on any atom is 0.0616 e. The van der Waals surface area contributed by atoms with E-state index in [1.807, 2.05) is 6.07 Å². The highest BCUT2D eigenvalue weighted by atomic mass is 35.5. The first-order valence-corrected chi connectivity index (χ1v) is 6.16. The van der Waals surface area contributed by atoms with Crippen LogP contribution >= 0.6 is 35.0 Å². The molecule has 0 heterocycles. The number of nitrogens with two attached hydrogens (primary N) is 1. The smallest absolute Gasteiger partial charge is 0.0616 e. The molecule has 0 fully saturated rings. The number of halogens is 2. The zero-order valence-corrected chi connectivity index (χ0v) is 10.7. The van der Waals surface area contributed by atoms with Gasteiger partial charge >= 0.3 is 0 Å². The molecule has 0 saturated carbocycles. The van der Waals surface area contributed by atoms with Crippen molar-refractivity contribution in [3.05, 3.63) is 28.2 Å². The molecule has 5 heteroatoms. The molecule has 1 aromatic rings. The molecule has 1 aromatic carbocycles. The van der Waals surface area contributed by atoms with Gasteiger partial charge in [0, 0.05) is 16.2 Å². The lowest BCUT2D eigenvalue weighted by Crippen LogP contribution is -2.42. The molecule has 3 N–H and O–H groups in total. The van der Waals surface area contributed by atoms with Gasteiger partial charge in [-0.15, -0.1) is 11.8 Å². The number of thioether (sulfide) groups is 1. The second kappa shape index (κ2) is 5.41. The lowest BCUT2D eigenvalue weighted by atomic mass is 10.1. The van der Waals surface area contributed by atoms with Crippen molar-refractivity contribution in [2.24, 2.45) is 5.73 Å². The first kappa shape index (κ1) is 13.1. The van der Waals surface area contributed by atoms with E-state index < -0.39 is 5.54 Å². The summed E-state index contributed by atoms with van der Waals surface area (Å²) in [7, 11) is 0. The summed E-state index contributed by atoms with van der Waals surface area (Å²) in [6.45, 7) is 1.76. The molecule has 1 atom stereocenters. The third-order valence-electron chi connectivity index (χ3n) is 1.82. The van der Waals surface area contributed by atoms with Crippen LogP contribution in [0.3, 0.4) is 0 Å². The fraction of sp³-hybridized carbons (Fsp3) is 0.400. The fourth-order valence-electron chi connectivity index (χ4n) is 0.860. The van der Waals surface area contributed by atoms with Crippen molar-refractivity contribution in [3.63, 3.8) is 0 Å². The van der Waals surface area contributed by atoms with Crippen LogP contribution in [0.25, 0.3) is 0 Å². The highest BCUT2D eigenvalue weighted by Crippen LogP contribution is 2.29. The molecular weight excluding hydrogens is 253 g/mol. The number of hydrogen-bond donors (Lipinski definition) is 2. The number of rotatable bonds is 4. The van der Waals surface area contributed by atoms with Crippen molar-refractivity contribution in [1.82, 2.24) is 0 Å². The summed E-state index contributed by atoms with van der Waals surface area (Å²) in [4.78, 5) is 0.995. The molecule has 1 rings (SSSR count). The van der Waals surface area contributed by atoms with E-state index in [9.17, 15) is 0 Å². The molecule has 0 aliphatic carbocycles. The third kappa shape index (κ3) is 4.21. The maximum absolute atomic E-state index is 8.99. The Morgan fingerprint density at radius 3 is 2.60 bits per heavy atom. The predicted octanol–water partition coefficient (Wildman–Crippen LogP) is 2.80. The minimum atomic E-state index is -0.573. The Bertz CT molecular complexity index is 344. The summed E-state index contributed by atoms with van der Waals surface area (Å²) < 4.78 is 0. The van der Waals surface area contributed by atoms with Crippen LogP contribution < -0.4 is 5.73 Å². The summed E-state index contributed by atoms with van der Waals surface area (Å²) >= 11 is 13.2. The van der Waals surface area contributed by atoms with Crippen LogP contribution in [0.15, 0.2) is 23.1 Å². The molecule has 0 spiro atoms. The molecule has 0 radical (unpaired) electrons. The highest BCUT2D eigenvalue weighted by molar-refractivity contribution is 7.99. The zero-order valence-electron chi connectivity index (χ0n) is 8.34. The van der Waals surface area contributed by atoms with Gasteiger partial charge in [0.05, 0.1) is 16.7 Å². The molecule has 84 valence electrons. The van der Waals surface area contributed by atoms with Crippen LogP contribution in [-0.4, -0.2) is 23.0 Å². The summed E-state index contributed by atoms with van der Waals surface area (Å²) in [5.41, 5.74) is 5.23. The quantitative estimate of drug-likeness (QED) is 0.824. The molecule has 1 unspecified atom stereocenters. The Balaban J connectivity index is 2.62. The lowest BCUT2D eigenvalue weighted by molar-refractivity contribution is 0.224. The molecule has 0 amide bonds. The van der Waals surface area contributed by atoms with Gasteiger partial charge in [-0.1, -0.05) is 23.2 Å². The summed E-state index contributed by atoms with van der Waals surface area (Å²) in [5.74, 6) is 0.626. The van der Waals surface area contributed by atoms with Crippen molar-refractivity contribution in [1.29, 1.82) is 0 Å². The van der Waals surface area contributed by atoms with Crippen LogP contribution in [-0.2, 0) is 0 Å². The Hall–Kier alpha value is 0.0700. The van der Waals surface area contributed by atoms with Crippen LogP contribution in [0.2, 0.25) is 10.0 Å². The molecule has 2 nitrogen and oxygen atoms in total. The molecule has 0 aliphatic rings. The van der Waals surface area contributed by atoms with Gasteiger partial charge in [-0.25, -0.2) is 0 Å². The van der Waals surface area contributed by atoms with Crippen molar-refractivity contribution >= 4 is 35.0 Å². The van der Waals surface area contributed by atoms with Gasteiger partial charge in [-0.2, -0.15) is 0 Å². The van der Waals surface area contributed by atoms with E-state index in [1.165, 1.54) is 0 Å².